The van der Waals surface area contributed by atoms with Gasteiger partial charge >= 0.3 is 0 Å². The Morgan fingerprint density at radius 2 is 2.00 bits per heavy atom. The fourth-order valence-electron chi connectivity index (χ4n) is 1.26. The molecule has 0 aliphatic carbocycles. The van der Waals surface area contributed by atoms with Crippen molar-refractivity contribution in [3.63, 3.8) is 0 Å². The normalized spacial score (nSPS) is 10.9. The summed E-state index contributed by atoms with van der Waals surface area (Å²) >= 11 is 0. The van der Waals surface area contributed by atoms with Gasteiger partial charge in [0.15, 0.2) is 0 Å². The molecule has 3 heteroatoms. The Morgan fingerprint density at radius 3 is 2.44 bits per heavy atom. The molecule has 0 saturated carbocycles. The van der Waals surface area contributed by atoms with Gasteiger partial charge in [-0.1, -0.05) is 33.8 Å². The summed E-state index contributed by atoms with van der Waals surface area (Å²) in [5, 5.41) is 2.85. The fraction of sp³-hybridized carbons (Fsp3) is 0.538. The SMILES string of the molecule is CC(C)C(=O)NCc1ccc(C(C)C)cn1. The highest BCUT2D eigenvalue weighted by Crippen LogP contribution is 2.12. The van der Waals surface area contributed by atoms with E-state index in [4.69, 9.17) is 0 Å². The van der Waals surface area contributed by atoms with E-state index in [2.05, 4.69) is 30.2 Å². The van der Waals surface area contributed by atoms with Crippen molar-refractivity contribution in [3.8, 4) is 0 Å². The van der Waals surface area contributed by atoms with Crippen LogP contribution in [-0.2, 0) is 11.3 Å². The van der Waals surface area contributed by atoms with Crippen molar-refractivity contribution in [1.29, 1.82) is 0 Å². The van der Waals surface area contributed by atoms with Gasteiger partial charge in [-0.3, -0.25) is 9.78 Å². The number of hydrogen-bond donors (Lipinski definition) is 1. The Bertz CT molecular complexity index is 341. The Balaban J connectivity index is 2.53. The van der Waals surface area contributed by atoms with Gasteiger partial charge < -0.3 is 5.32 Å². The van der Waals surface area contributed by atoms with Gasteiger partial charge in [0, 0.05) is 12.1 Å². The Hall–Kier alpha value is -1.38. The number of rotatable bonds is 4. The smallest absolute Gasteiger partial charge is 0.222 e. The van der Waals surface area contributed by atoms with Crippen LogP contribution in [0.2, 0.25) is 0 Å². The minimum absolute atomic E-state index is 0.0231. The van der Waals surface area contributed by atoms with Crippen LogP contribution in [0.4, 0.5) is 0 Å². The van der Waals surface area contributed by atoms with Crippen molar-refractivity contribution in [2.24, 2.45) is 5.92 Å². The van der Waals surface area contributed by atoms with E-state index in [1.165, 1.54) is 5.56 Å². The van der Waals surface area contributed by atoms with Crippen LogP contribution in [0.25, 0.3) is 0 Å². The quantitative estimate of drug-likeness (QED) is 0.847. The van der Waals surface area contributed by atoms with E-state index in [1.54, 1.807) is 0 Å². The van der Waals surface area contributed by atoms with Crippen LogP contribution in [0.5, 0.6) is 0 Å². The van der Waals surface area contributed by atoms with Crippen LogP contribution < -0.4 is 5.32 Å². The molecular weight excluding hydrogens is 200 g/mol. The predicted molar refractivity (Wildman–Crippen MR) is 65.0 cm³/mol. The molecule has 88 valence electrons. The van der Waals surface area contributed by atoms with Crippen molar-refractivity contribution in [3.05, 3.63) is 29.6 Å². The second kappa shape index (κ2) is 5.64. The van der Waals surface area contributed by atoms with Crippen molar-refractivity contribution >= 4 is 5.91 Å². The van der Waals surface area contributed by atoms with Crippen LogP contribution in [-0.4, -0.2) is 10.9 Å². The second-order valence-corrected chi connectivity index (χ2v) is 4.61. The fourth-order valence-corrected chi connectivity index (χ4v) is 1.26. The van der Waals surface area contributed by atoms with E-state index < -0.39 is 0 Å². The van der Waals surface area contributed by atoms with E-state index in [9.17, 15) is 4.79 Å². The minimum atomic E-state index is 0.0231. The minimum Gasteiger partial charge on any atom is -0.350 e. The van der Waals surface area contributed by atoms with Gasteiger partial charge in [-0.05, 0) is 17.5 Å². The molecular formula is C13H20N2O. The molecule has 0 fully saturated rings. The van der Waals surface area contributed by atoms with Crippen molar-refractivity contribution < 1.29 is 4.79 Å². The molecule has 1 aromatic rings. The molecule has 1 heterocycles. The van der Waals surface area contributed by atoms with Gasteiger partial charge in [-0.15, -0.1) is 0 Å². The molecule has 0 unspecified atom stereocenters. The number of carbonyl (C=O) groups is 1. The van der Waals surface area contributed by atoms with Crippen LogP contribution in [0.3, 0.4) is 0 Å². The zero-order chi connectivity index (χ0) is 12.1. The molecule has 1 rings (SSSR count). The average Bonchev–Trinajstić information content (AvgIpc) is 2.26. The van der Waals surface area contributed by atoms with E-state index in [0.29, 0.717) is 12.5 Å². The first-order chi connectivity index (χ1) is 7.50. The Kier molecular flexibility index (Phi) is 4.47. The topological polar surface area (TPSA) is 42.0 Å². The molecule has 1 aromatic heterocycles. The number of hydrogen-bond acceptors (Lipinski definition) is 2. The van der Waals surface area contributed by atoms with Crippen LogP contribution in [0.1, 0.15) is 44.9 Å². The zero-order valence-corrected chi connectivity index (χ0v) is 10.4. The lowest BCUT2D eigenvalue weighted by atomic mass is 10.1. The summed E-state index contributed by atoms with van der Waals surface area (Å²) in [6.45, 7) is 8.54. The summed E-state index contributed by atoms with van der Waals surface area (Å²) in [6, 6.07) is 4.03. The molecule has 1 N–H and O–H groups in total. The van der Waals surface area contributed by atoms with Gasteiger partial charge in [0.05, 0.1) is 12.2 Å². The molecule has 16 heavy (non-hydrogen) atoms. The highest BCUT2D eigenvalue weighted by Gasteiger charge is 2.06. The predicted octanol–water partition coefficient (Wildman–Crippen LogP) is 2.48. The molecule has 1 amide bonds. The molecule has 0 bridgehead atoms. The van der Waals surface area contributed by atoms with E-state index in [-0.39, 0.29) is 11.8 Å². The summed E-state index contributed by atoms with van der Waals surface area (Å²) in [7, 11) is 0. The maximum Gasteiger partial charge on any atom is 0.222 e. The average molecular weight is 220 g/mol. The molecule has 0 atom stereocenters. The monoisotopic (exact) mass is 220 g/mol. The van der Waals surface area contributed by atoms with Crippen LogP contribution in [0.15, 0.2) is 18.3 Å². The molecule has 0 saturated heterocycles. The number of carbonyl (C=O) groups excluding carboxylic acids is 1. The van der Waals surface area contributed by atoms with Crippen molar-refractivity contribution in [2.75, 3.05) is 0 Å². The maximum absolute atomic E-state index is 11.4. The number of nitrogens with zero attached hydrogens (tertiary/aromatic N) is 1. The molecule has 3 nitrogen and oxygen atoms in total. The lowest BCUT2D eigenvalue weighted by Crippen LogP contribution is -2.27. The maximum atomic E-state index is 11.4. The highest BCUT2D eigenvalue weighted by atomic mass is 16.1. The van der Waals surface area contributed by atoms with E-state index >= 15 is 0 Å². The second-order valence-electron chi connectivity index (χ2n) is 4.61. The van der Waals surface area contributed by atoms with Crippen molar-refractivity contribution in [1.82, 2.24) is 10.3 Å². The Labute approximate surface area is 97.3 Å². The Morgan fingerprint density at radius 1 is 1.31 bits per heavy atom. The first kappa shape index (κ1) is 12.7. The molecule has 0 aromatic carbocycles. The highest BCUT2D eigenvalue weighted by molar-refractivity contribution is 5.77. The molecule has 0 aliphatic rings. The number of nitrogens with one attached hydrogen (secondary N) is 1. The lowest BCUT2D eigenvalue weighted by molar-refractivity contribution is -0.124. The summed E-state index contributed by atoms with van der Waals surface area (Å²) in [5.74, 6) is 0.580. The van der Waals surface area contributed by atoms with Gasteiger partial charge in [-0.25, -0.2) is 0 Å². The van der Waals surface area contributed by atoms with Gasteiger partial charge in [0.2, 0.25) is 5.91 Å². The third-order valence-corrected chi connectivity index (χ3v) is 2.48. The lowest BCUT2D eigenvalue weighted by Gasteiger charge is -2.08. The summed E-state index contributed by atoms with van der Waals surface area (Å²) < 4.78 is 0. The number of amides is 1. The molecule has 0 aliphatic heterocycles. The molecule has 0 radical (unpaired) electrons. The van der Waals surface area contributed by atoms with Crippen LogP contribution in [0, 0.1) is 5.92 Å². The summed E-state index contributed by atoms with van der Waals surface area (Å²) in [5.41, 5.74) is 2.12. The molecule has 0 spiro atoms. The first-order valence-corrected chi connectivity index (χ1v) is 5.73. The van der Waals surface area contributed by atoms with Gasteiger partial charge in [0.1, 0.15) is 0 Å². The zero-order valence-electron chi connectivity index (χ0n) is 10.4. The van der Waals surface area contributed by atoms with Gasteiger partial charge in [0.25, 0.3) is 0 Å². The summed E-state index contributed by atoms with van der Waals surface area (Å²) in [6.07, 6.45) is 1.88. The standard InChI is InChI=1S/C13H20N2O/c1-9(2)11-5-6-12(14-7-11)8-15-13(16)10(3)4/h5-7,9-10H,8H2,1-4H3,(H,15,16). The number of pyridine rings is 1. The van der Waals surface area contributed by atoms with Crippen molar-refractivity contribution in [2.45, 2.75) is 40.2 Å². The largest absolute Gasteiger partial charge is 0.350 e. The third kappa shape index (κ3) is 3.65. The van der Waals surface area contributed by atoms with Gasteiger partial charge in [-0.2, -0.15) is 0 Å². The van der Waals surface area contributed by atoms with E-state index in [0.717, 1.165) is 5.69 Å². The number of aromatic nitrogens is 1. The van der Waals surface area contributed by atoms with E-state index in [1.807, 2.05) is 26.1 Å². The summed E-state index contributed by atoms with van der Waals surface area (Å²) in [4.78, 5) is 15.7. The first-order valence-electron chi connectivity index (χ1n) is 5.73. The third-order valence-electron chi connectivity index (χ3n) is 2.48. The van der Waals surface area contributed by atoms with Crippen LogP contribution >= 0.6 is 0 Å².